The van der Waals surface area contributed by atoms with Crippen LogP contribution in [0.5, 0.6) is 0 Å². The smallest absolute Gasteiger partial charge is 0.241 e. The standard InChI is InChI=1S/C10H9Cl2NO3S2/c11-7-2-1-6(5-8(7)12)18(15,16)13-9-3-4-17-10(9)14/h1-2,5,9,13H,3-4H2. The van der Waals surface area contributed by atoms with Gasteiger partial charge in [-0.15, -0.1) is 0 Å². The Morgan fingerprint density at radius 1 is 1.28 bits per heavy atom. The van der Waals surface area contributed by atoms with Crippen LogP contribution in [0.2, 0.25) is 10.0 Å². The number of halogens is 2. The van der Waals surface area contributed by atoms with Crippen molar-refractivity contribution in [1.29, 1.82) is 0 Å². The Morgan fingerprint density at radius 2 is 2.00 bits per heavy atom. The third-order valence-electron chi connectivity index (χ3n) is 2.43. The van der Waals surface area contributed by atoms with E-state index in [4.69, 9.17) is 23.2 Å². The lowest BCUT2D eigenvalue weighted by Gasteiger charge is -2.11. The molecule has 98 valence electrons. The summed E-state index contributed by atoms with van der Waals surface area (Å²) in [5.41, 5.74) is 0. The second-order valence-electron chi connectivity index (χ2n) is 3.71. The van der Waals surface area contributed by atoms with Gasteiger partial charge in [-0.2, -0.15) is 4.72 Å². The molecule has 0 saturated carbocycles. The first-order valence-electron chi connectivity index (χ1n) is 5.04. The number of hydrogen-bond donors (Lipinski definition) is 1. The number of sulfonamides is 1. The second-order valence-corrected chi connectivity index (χ2v) is 7.33. The van der Waals surface area contributed by atoms with Crippen molar-refractivity contribution in [1.82, 2.24) is 4.72 Å². The van der Waals surface area contributed by atoms with Gasteiger partial charge >= 0.3 is 0 Å². The van der Waals surface area contributed by atoms with Gasteiger partial charge in [0.15, 0.2) is 0 Å². The van der Waals surface area contributed by atoms with Gasteiger partial charge in [-0.05, 0) is 24.6 Å². The van der Waals surface area contributed by atoms with Crippen LogP contribution in [0.4, 0.5) is 0 Å². The number of thioether (sulfide) groups is 1. The predicted molar refractivity (Wildman–Crippen MR) is 72.7 cm³/mol. The van der Waals surface area contributed by atoms with Crippen LogP contribution in [0, 0.1) is 0 Å². The maximum absolute atomic E-state index is 12.0. The molecule has 0 aromatic heterocycles. The Hall–Kier alpha value is -0.270. The summed E-state index contributed by atoms with van der Waals surface area (Å²) in [4.78, 5) is 11.4. The summed E-state index contributed by atoms with van der Waals surface area (Å²) in [7, 11) is -3.74. The van der Waals surface area contributed by atoms with Crippen LogP contribution in [0.3, 0.4) is 0 Å². The van der Waals surface area contributed by atoms with Crippen LogP contribution < -0.4 is 4.72 Å². The topological polar surface area (TPSA) is 63.2 Å². The Balaban J connectivity index is 2.25. The molecule has 1 atom stereocenters. The Bertz CT molecular complexity index is 589. The molecule has 0 amide bonds. The first-order valence-corrected chi connectivity index (χ1v) is 8.26. The minimum atomic E-state index is -3.74. The van der Waals surface area contributed by atoms with Crippen LogP contribution in [0.15, 0.2) is 23.1 Å². The van der Waals surface area contributed by atoms with Gasteiger partial charge in [0.2, 0.25) is 15.1 Å². The second kappa shape index (κ2) is 5.38. The number of carbonyl (C=O) groups excluding carboxylic acids is 1. The first-order chi connectivity index (χ1) is 8.40. The van der Waals surface area contributed by atoms with E-state index in [9.17, 15) is 13.2 Å². The normalized spacial score (nSPS) is 20.3. The molecule has 1 aliphatic rings. The monoisotopic (exact) mass is 325 g/mol. The lowest BCUT2D eigenvalue weighted by Crippen LogP contribution is -2.37. The van der Waals surface area contributed by atoms with E-state index < -0.39 is 16.1 Å². The molecule has 2 rings (SSSR count). The van der Waals surface area contributed by atoms with E-state index in [0.29, 0.717) is 12.2 Å². The number of rotatable bonds is 3. The van der Waals surface area contributed by atoms with Gasteiger partial charge in [-0.3, -0.25) is 4.79 Å². The van der Waals surface area contributed by atoms with Crippen molar-refractivity contribution in [3.63, 3.8) is 0 Å². The molecule has 0 aliphatic carbocycles. The highest BCUT2D eigenvalue weighted by molar-refractivity contribution is 8.14. The van der Waals surface area contributed by atoms with Gasteiger partial charge in [0.25, 0.3) is 0 Å². The average molecular weight is 326 g/mol. The van der Waals surface area contributed by atoms with Gasteiger partial charge in [-0.1, -0.05) is 35.0 Å². The van der Waals surface area contributed by atoms with Crippen LogP contribution in [0.1, 0.15) is 6.42 Å². The van der Waals surface area contributed by atoms with Crippen molar-refractivity contribution >= 4 is 50.1 Å². The molecule has 0 radical (unpaired) electrons. The molecule has 0 bridgehead atoms. The lowest BCUT2D eigenvalue weighted by molar-refractivity contribution is -0.111. The summed E-state index contributed by atoms with van der Waals surface area (Å²) in [5.74, 6) is 0.632. The van der Waals surface area contributed by atoms with Crippen molar-refractivity contribution in [2.75, 3.05) is 5.75 Å². The highest BCUT2D eigenvalue weighted by Crippen LogP contribution is 2.26. The number of benzene rings is 1. The van der Waals surface area contributed by atoms with Gasteiger partial charge in [0, 0.05) is 5.75 Å². The molecule has 1 aliphatic heterocycles. The van der Waals surface area contributed by atoms with E-state index in [1.807, 2.05) is 0 Å². The van der Waals surface area contributed by atoms with Gasteiger partial charge in [-0.25, -0.2) is 8.42 Å². The average Bonchev–Trinajstić information content (AvgIpc) is 2.67. The minimum Gasteiger partial charge on any atom is -0.285 e. The van der Waals surface area contributed by atoms with Gasteiger partial charge < -0.3 is 0 Å². The minimum absolute atomic E-state index is 0.00148. The summed E-state index contributed by atoms with van der Waals surface area (Å²) in [6.07, 6.45) is 0.504. The Morgan fingerprint density at radius 3 is 2.56 bits per heavy atom. The van der Waals surface area contributed by atoms with Crippen molar-refractivity contribution in [2.45, 2.75) is 17.4 Å². The molecule has 0 spiro atoms. The zero-order valence-electron chi connectivity index (χ0n) is 9.02. The van der Waals surface area contributed by atoms with E-state index in [-0.39, 0.29) is 20.1 Å². The summed E-state index contributed by atoms with van der Waals surface area (Å²) in [6.45, 7) is 0. The van der Waals surface area contributed by atoms with Crippen LogP contribution in [-0.4, -0.2) is 25.3 Å². The fraction of sp³-hybridized carbons (Fsp3) is 0.300. The zero-order chi connectivity index (χ0) is 13.3. The van der Waals surface area contributed by atoms with Crippen LogP contribution in [-0.2, 0) is 14.8 Å². The summed E-state index contributed by atoms with van der Waals surface area (Å²) in [6, 6.07) is 3.36. The lowest BCUT2D eigenvalue weighted by atomic mass is 10.3. The summed E-state index contributed by atoms with van der Waals surface area (Å²) < 4.78 is 26.4. The summed E-state index contributed by atoms with van der Waals surface area (Å²) >= 11 is 12.6. The highest BCUT2D eigenvalue weighted by Gasteiger charge is 2.30. The molecule has 1 aromatic rings. The maximum atomic E-state index is 12.0. The molecule has 4 nitrogen and oxygen atoms in total. The van der Waals surface area contributed by atoms with E-state index in [0.717, 1.165) is 11.8 Å². The third kappa shape index (κ3) is 3.00. The van der Waals surface area contributed by atoms with Gasteiger partial charge in [0.05, 0.1) is 21.0 Å². The van der Waals surface area contributed by atoms with Crippen molar-refractivity contribution < 1.29 is 13.2 Å². The zero-order valence-corrected chi connectivity index (χ0v) is 12.2. The molecule has 8 heteroatoms. The number of nitrogens with one attached hydrogen (secondary N) is 1. The molecule has 1 fully saturated rings. The van der Waals surface area contributed by atoms with Crippen molar-refractivity contribution in [3.8, 4) is 0 Å². The predicted octanol–water partition coefficient (Wildman–Crippen LogP) is 2.30. The van der Waals surface area contributed by atoms with E-state index in [1.54, 1.807) is 0 Å². The molecule has 1 saturated heterocycles. The van der Waals surface area contributed by atoms with Crippen molar-refractivity contribution in [3.05, 3.63) is 28.2 Å². The fourth-order valence-electron chi connectivity index (χ4n) is 1.50. The quantitative estimate of drug-likeness (QED) is 0.926. The third-order valence-corrected chi connectivity index (χ3v) is 5.65. The van der Waals surface area contributed by atoms with Crippen LogP contribution >= 0.6 is 35.0 Å². The first kappa shape index (κ1) is 14.1. The van der Waals surface area contributed by atoms with E-state index in [2.05, 4.69) is 4.72 Å². The Labute approximate surface area is 119 Å². The fourth-order valence-corrected chi connectivity index (χ4v) is 4.13. The SMILES string of the molecule is O=C1SCCC1NS(=O)(=O)c1ccc(Cl)c(Cl)c1. The van der Waals surface area contributed by atoms with E-state index in [1.165, 1.54) is 18.2 Å². The number of hydrogen-bond acceptors (Lipinski definition) is 4. The van der Waals surface area contributed by atoms with Crippen LogP contribution in [0.25, 0.3) is 0 Å². The highest BCUT2D eigenvalue weighted by atomic mass is 35.5. The Kier molecular flexibility index (Phi) is 4.23. The molecule has 1 heterocycles. The molecular formula is C10H9Cl2NO3S2. The summed E-state index contributed by atoms with van der Waals surface area (Å²) in [5, 5.41) is 0.286. The maximum Gasteiger partial charge on any atom is 0.241 e. The van der Waals surface area contributed by atoms with Gasteiger partial charge in [0.1, 0.15) is 0 Å². The number of carbonyl (C=O) groups is 1. The molecule has 1 unspecified atom stereocenters. The van der Waals surface area contributed by atoms with E-state index >= 15 is 0 Å². The molecule has 1 N–H and O–H groups in total. The van der Waals surface area contributed by atoms with Crippen molar-refractivity contribution in [2.24, 2.45) is 0 Å². The molecule has 18 heavy (non-hydrogen) atoms. The molecular weight excluding hydrogens is 317 g/mol. The largest absolute Gasteiger partial charge is 0.285 e. The molecule has 1 aromatic carbocycles.